The third kappa shape index (κ3) is 3.35. The van der Waals surface area contributed by atoms with Gasteiger partial charge in [0.15, 0.2) is 0 Å². The summed E-state index contributed by atoms with van der Waals surface area (Å²) in [7, 11) is 0. The second-order valence-electron chi connectivity index (χ2n) is 4.64. The highest BCUT2D eigenvalue weighted by Gasteiger charge is 2.07. The van der Waals surface area contributed by atoms with Crippen molar-refractivity contribution in [3.8, 4) is 5.75 Å². The molecule has 0 radical (unpaired) electrons. The van der Waals surface area contributed by atoms with E-state index in [2.05, 4.69) is 5.32 Å². The van der Waals surface area contributed by atoms with Gasteiger partial charge in [-0.2, -0.15) is 0 Å². The fraction of sp³-hybridized carbons (Fsp3) is 0.188. The third-order valence-electron chi connectivity index (χ3n) is 3.15. The lowest BCUT2D eigenvalue weighted by atomic mass is 10.1. The summed E-state index contributed by atoms with van der Waals surface area (Å²) in [5.41, 5.74) is 3.86. The quantitative estimate of drug-likeness (QED) is 0.885. The molecule has 0 spiro atoms. The molecular formula is C16H17NO2. The van der Waals surface area contributed by atoms with Crippen LogP contribution >= 0.6 is 0 Å². The molecule has 0 unspecified atom stereocenters. The molecule has 1 amide bonds. The number of carbonyl (C=O) groups excluding carboxylic acids is 1. The molecule has 2 aromatic rings. The predicted octanol–water partition coefficient (Wildman–Crippen LogP) is 3.19. The highest BCUT2D eigenvalue weighted by atomic mass is 16.3. The molecular weight excluding hydrogens is 238 g/mol. The van der Waals surface area contributed by atoms with Gasteiger partial charge in [0.25, 0.3) is 0 Å². The molecule has 0 aliphatic heterocycles. The van der Waals surface area contributed by atoms with Crippen LogP contribution in [0.1, 0.15) is 16.7 Å². The summed E-state index contributed by atoms with van der Waals surface area (Å²) in [6, 6.07) is 12.6. The van der Waals surface area contributed by atoms with E-state index in [0.717, 1.165) is 22.4 Å². The van der Waals surface area contributed by atoms with Crippen LogP contribution < -0.4 is 5.32 Å². The highest BCUT2D eigenvalue weighted by Crippen LogP contribution is 2.18. The minimum absolute atomic E-state index is 0.0840. The van der Waals surface area contributed by atoms with E-state index in [4.69, 9.17) is 0 Å². The van der Waals surface area contributed by atoms with Gasteiger partial charge in [-0.3, -0.25) is 4.79 Å². The molecule has 2 aromatic carbocycles. The molecule has 0 bridgehead atoms. The van der Waals surface area contributed by atoms with E-state index in [9.17, 15) is 9.90 Å². The van der Waals surface area contributed by atoms with Crippen LogP contribution in [0.3, 0.4) is 0 Å². The first-order valence-electron chi connectivity index (χ1n) is 6.20. The van der Waals surface area contributed by atoms with Crippen molar-refractivity contribution in [2.75, 3.05) is 5.32 Å². The fourth-order valence-electron chi connectivity index (χ4n) is 1.93. The van der Waals surface area contributed by atoms with E-state index in [1.54, 1.807) is 18.2 Å². The normalized spacial score (nSPS) is 10.2. The van der Waals surface area contributed by atoms with Crippen LogP contribution in [0.25, 0.3) is 0 Å². The maximum Gasteiger partial charge on any atom is 0.228 e. The van der Waals surface area contributed by atoms with Crippen LogP contribution in [0.4, 0.5) is 5.69 Å². The molecule has 0 saturated heterocycles. The van der Waals surface area contributed by atoms with Gasteiger partial charge in [0.1, 0.15) is 5.75 Å². The number of hydrogen-bond donors (Lipinski definition) is 2. The zero-order valence-electron chi connectivity index (χ0n) is 11.1. The summed E-state index contributed by atoms with van der Waals surface area (Å²) < 4.78 is 0. The average Bonchev–Trinajstić information content (AvgIpc) is 2.35. The van der Waals surface area contributed by atoms with Crippen LogP contribution in [-0.4, -0.2) is 11.0 Å². The SMILES string of the molecule is Cc1cccc(NC(=O)Cc2cccc(O)c2)c1C. The van der Waals surface area contributed by atoms with E-state index < -0.39 is 0 Å². The number of rotatable bonds is 3. The Hall–Kier alpha value is -2.29. The van der Waals surface area contributed by atoms with Gasteiger partial charge in [0.05, 0.1) is 6.42 Å². The summed E-state index contributed by atoms with van der Waals surface area (Å²) in [6.45, 7) is 4.00. The summed E-state index contributed by atoms with van der Waals surface area (Å²) in [5.74, 6) is 0.0938. The molecule has 3 heteroatoms. The monoisotopic (exact) mass is 255 g/mol. The van der Waals surface area contributed by atoms with E-state index in [1.807, 2.05) is 38.1 Å². The summed E-state index contributed by atoms with van der Waals surface area (Å²) in [4.78, 5) is 12.0. The molecule has 19 heavy (non-hydrogen) atoms. The Morgan fingerprint density at radius 2 is 1.89 bits per heavy atom. The highest BCUT2D eigenvalue weighted by molar-refractivity contribution is 5.93. The topological polar surface area (TPSA) is 49.3 Å². The van der Waals surface area contributed by atoms with Gasteiger partial charge in [-0.25, -0.2) is 0 Å². The smallest absolute Gasteiger partial charge is 0.228 e. The largest absolute Gasteiger partial charge is 0.508 e. The van der Waals surface area contributed by atoms with Crippen LogP contribution in [0.5, 0.6) is 5.75 Å². The van der Waals surface area contributed by atoms with Crippen molar-refractivity contribution in [3.05, 3.63) is 59.2 Å². The number of benzene rings is 2. The lowest BCUT2D eigenvalue weighted by Crippen LogP contribution is -2.15. The maximum absolute atomic E-state index is 12.0. The Kier molecular flexibility index (Phi) is 3.85. The molecule has 0 aliphatic carbocycles. The second-order valence-corrected chi connectivity index (χ2v) is 4.64. The van der Waals surface area contributed by atoms with E-state index in [0.29, 0.717) is 0 Å². The number of nitrogens with one attached hydrogen (secondary N) is 1. The molecule has 0 heterocycles. The molecule has 0 aromatic heterocycles. The van der Waals surface area contributed by atoms with Crippen LogP contribution in [0, 0.1) is 13.8 Å². The molecule has 2 rings (SSSR count). The Labute approximate surface area is 112 Å². The van der Waals surface area contributed by atoms with Gasteiger partial charge in [-0.05, 0) is 48.7 Å². The Balaban J connectivity index is 2.08. The molecule has 0 fully saturated rings. The number of aromatic hydroxyl groups is 1. The average molecular weight is 255 g/mol. The number of amides is 1. The minimum Gasteiger partial charge on any atom is -0.508 e. The minimum atomic E-state index is -0.0840. The van der Waals surface area contributed by atoms with Crippen molar-refractivity contribution < 1.29 is 9.90 Å². The summed E-state index contributed by atoms with van der Waals surface area (Å²) >= 11 is 0. The number of hydrogen-bond acceptors (Lipinski definition) is 2. The maximum atomic E-state index is 12.0. The van der Waals surface area contributed by atoms with Crippen LogP contribution in [-0.2, 0) is 11.2 Å². The zero-order valence-corrected chi connectivity index (χ0v) is 11.1. The number of phenols is 1. The zero-order chi connectivity index (χ0) is 13.8. The first-order valence-corrected chi connectivity index (χ1v) is 6.20. The Morgan fingerprint density at radius 1 is 1.16 bits per heavy atom. The van der Waals surface area contributed by atoms with Crippen LogP contribution in [0.15, 0.2) is 42.5 Å². The lowest BCUT2D eigenvalue weighted by molar-refractivity contribution is -0.115. The van der Waals surface area contributed by atoms with Crippen molar-refractivity contribution in [3.63, 3.8) is 0 Å². The van der Waals surface area contributed by atoms with Crippen molar-refractivity contribution in [2.24, 2.45) is 0 Å². The van der Waals surface area contributed by atoms with Gasteiger partial charge in [0.2, 0.25) is 5.91 Å². The van der Waals surface area contributed by atoms with E-state index in [-0.39, 0.29) is 18.1 Å². The Bertz CT molecular complexity index is 605. The van der Waals surface area contributed by atoms with E-state index >= 15 is 0 Å². The second kappa shape index (κ2) is 5.57. The van der Waals surface area contributed by atoms with Crippen molar-refractivity contribution in [2.45, 2.75) is 20.3 Å². The van der Waals surface area contributed by atoms with Crippen molar-refractivity contribution in [1.29, 1.82) is 0 Å². The standard InChI is InChI=1S/C16H17NO2/c1-11-5-3-8-15(12(11)2)17-16(19)10-13-6-4-7-14(18)9-13/h3-9,18H,10H2,1-2H3,(H,17,19). The number of anilines is 1. The first kappa shape index (κ1) is 13.1. The van der Waals surface area contributed by atoms with Gasteiger partial charge >= 0.3 is 0 Å². The Morgan fingerprint density at radius 3 is 2.63 bits per heavy atom. The first-order chi connectivity index (χ1) is 9.06. The van der Waals surface area contributed by atoms with Gasteiger partial charge in [-0.1, -0.05) is 24.3 Å². The fourth-order valence-corrected chi connectivity index (χ4v) is 1.93. The van der Waals surface area contributed by atoms with Crippen molar-refractivity contribution >= 4 is 11.6 Å². The molecule has 0 saturated carbocycles. The molecule has 2 N–H and O–H groups in total. The van der Waals surface area contributed by atoms with Crippen molar-refractivity contribution in [1.82, 2.24) is 0 Å². The summed E-state index contributed by atoms with van der Waals surface area (Å²) in [5, 5.41) is 12.3. The lowest BCUT2D eigenvalue weighted by Gasteiger charge is -2.10. The molecule has 0 aliphatic rings. The molecule has 98 valence electrons. The number of aryl methyl sites for hydroxylation is 1. The number of phenolic OH excluding ortho intramolecular Hbond substituents is 1. The number of carbonyl (C=O) groups is 1. The third-order valence-corrected chi connectivity index (χ3v) is 3.15. The summed E-state index contributed by atoms with van der Waals surface area (Å²) in [6.07, 6.45) is 0.252. The van der Waals surface area contributed by atoms with Gasteiger partial charge in [-0.15, -0.1) is 0 Å². The molecule has 3 nitrogen and oxygen atoms in total. The predicted molar refractivity (Wildman–Crippen MR) is 76.4 cm³/mol. The van der Waals surface area contributed by atoms with Gasteiger partial charge in [0, 0.05) is 5.69 Å². The van der Waals surface area contributed by atoms with Crippen LogP contribution in [0.2, 0.25) is 0 Å². The van der Waals surface area contributed by atoms with E-state index in [1.165, 1.54) is 0 Å². The van der Waals surface area contributed by atoms with Gasteiger partial charge < -0.3 is 10.4 Å². The molecule has 0 atom stereocenters.